The normalized spacial score (nSPS) is 11.9. The van der Waals surface area contributed by atoms with Crippen molar-refractivity contribution < 1.29 is 14.4 Å². The lowest BCUT2D eigenvalue weighted by molar-refractivity contribution is -0.129. The van der Waals surface area contributed by atoms with Gasteiger partial charge in [0.15, 0.2) is 0 Å². The van der Waals surface area contributed by atoms with Gasteiger partial charge in [-0.05, 0) is 11.6 Å². The van der Waals surface area contributed by atoms with Crippen LogP contribution in [0.15, 0.2) is 30.5 Å². The highest BCUT2D eigenvalue weighted by atomic mass is 16.2. The molecule has 0 bridgehead atoms. The summed E-state index contributed by atoms with van der Waals surface area (Å²) in [6.45, 7) is -0.519. The van der Waals surface area contributed by atoms with Crippen molar-refractivity contribution in [1.82, 2.24) is 15.6 Å². The summed E-state index contributed by atoms with van der Waals surface area (Å²) in [6, 6.07) is 6.78. The molecule has 8 nitrogen and oxygen atoms in total. The first-order valence-electron chi connectivity index (χ1n) is 7.11. The van der Waals surface area contributed by atoms with Crippen molar-refractivity contribution in [1.29, 1.82) is 0 Å². The van der Waals surface area contributed by atoms with E-state index in [0.717, 1.165) is 16.5 Å². The van der Waals surface area contributed by atoms with Crippen molar-refractivity contribution in [2.24, 2.45) is 11.5 Å². The molecule has 1 heterocycles. The molecule has 7 N–H and O–H groups in total. The monoisotopic (exact) mass is 317 g/mol. The van der Waals surface area contributed by atoms with Crippen molar-refractivity contribution in [2.75, 3.05) is 13.1 Å². The van der Waals surface area contributed by atoms with Crippen LogP contribution < -0.4 is 22.1 Å². The smallest absolute Gasteiger partial charge is 0.243 e. The number of primary amides is 1. The van der Waals surface area contributed by atoms with Crippen LogP contribution in [0.2, 0.25) is 0 Å². The van der Waals surface area contributed by atoms with Gasteiger partial charge in [0.1, 0.15) is 6.04 Å². The lowest BCUT2D eigenvalue weighted by atomic mass is 10.0. The molecule has 0 aliphatic carbocycles. The molecule has 3 amide bonds. The molecular weight excluding hydrogens is 298 g/mol. The van der Waals surface area contributed by atoms with E-state index in [1.54, 1.807) is 6.20 Å². The third-order valence-electron chi connectivity index (χ3n) is 3.37. The molecule has 0 fully saturated rings. The van der Waals surface area contributed by atoms with Gasteiger partial charge in [-0.1, -0.05) is 18.2 Å². The molecule has 0 aliphatic heterocycles. The summed E-state index contributed by atoms with van der Waals surface area (Å²) in [7, 11) is 0. The Bertz CT molecular complexity index is 725. The second kappa shape index (κ2) is 7.41. The Labute approximate surface area is 132 Å². The van der Waals surface area contributed by atoms with Crippen LogP contribution in [-0.2, 0) is 20.8 Å². The van der Waals surface area contributed by atoms with Gasteiger partial charge < -0.3 is 27.1 Å². The van der Waals surface area contributed by atoms with Crippen molar-refractivity contribution in [3.8, 4) is 0 Å². The maximum absolute atomic E-state index is 12.2. The molecule has 23 heavy (non-hydrogen) atoms. The van der Waals surface area contributed by atoms with Crippen molar-refractivity contribution >= 4 is 28.6 Å². The molecule has 1 atom stereocenters. The van der Waals surface area contributed by atoms with Gasteiger partial charge in [-0.3, -0.25) is 14.4 Å². The van der Waals surface area contributed by atoms with E-state index in [1.165, 1.54) is 0 Å². The first kappa shape index (κ1) is 16.5. The van der Waals surface area contributed by atoms with E-state index in [0.29, 0.717) is 0 Å². The third kappa shape index (κ3) is 4.30. The molecule has 0 radical (unpaired) electrons. The largest absolute Gasteiger partial charge is 0.368 e. The maximum atomic E-state index is 12.2. The lowest BCUT2D eigenvalue weighted by Gasteiger charge is -2.17. The highest BCUT2D eigenvalue weighted by Crippen LogP contribution is 2.19. The molecule has 0 saturated heterocycles. The van der Waals surface area contributed by atoms with Gasteiger partial charge in [0.25, 0.3) is 0 Å². The van der Waals surface area contributed by atoms with E-state index in [-0.39, 0.29) is 19.5 Å². The molecule has 122 valence electrons. The second-order valence-corrected chi connectivity index (χ2v) is 5.07. The number of aromatic nitrogens is 1. The van der Waals surface area contributed by atoms with E-state index >= 15 is 0 Å². The number of H-pyrrole nitrogens is 1. The first-order valence-corrected chi connectivity index (χ1v) is 7.11. The van der Waals surface area contributed by atoms with Crippen LogP contribution in [0.3, 0.4) is 0 Å². The average Bonchev–Trinajstić information content (AvgIpc) is 2.95. The predicted molar refractivity (Wildman–Crippen MR) is 85.2 cm³/mol. The molecule has 0 unspecified atom stereocenters. The molecule has 1 aromatic heterocycles. The highest BCUT2D eigenvalue weighted by molar-refractivity contribution is 5.91. The summed E-state index contributed by atoms with van der Waals surface area (Å²) in [5.41, 5.74) is 12.1. The van der Waals surface area contributed by atoms with Crippen LogP contribution in [0.5, 0.6) is 0 Å². The molecule has 8 heteroatoms. The summed E-state index contributed by atoms with van der Waals surface area (Å²) in [4.78, 5) is 37.6. The zero-order chi connectivity index (χ0) is 16.8. The number of benzene rings is 1. The minimum absolute atomic E-state index is 0.229. The number of carbonyl (C=O) groups is 3. The fraction of sp³-hybridized carbons (Fsp3) is 0.267. The summed E-state index contributed by atoms with van der Waals surface area (Å²) >= 11 is 0. The number of para-hydroxylation sites is 1. The van der Waals surface area contributed by atoms with E-state index < -0.39 is 23.8 Å². The van der Waals surface area contributed by atoms with Crippen molar-refractivity contribution in [3.05, 3.63) is 36.0 Å². The fourth-order valence-corrected chi connectivity index (χ4v) is 2.28. The quantitative estimate of drug-likeness (QED) is 0.435. The zero-order valence-corrected chi connectivity index (χ0v) is 12.5. The van der Waals surface area contributed by atoms with Crippen LogP contribution in [0.25, 0.3) is 10.9 Å². The highest BCUT2D eigenvalue weighted by Gasteiger charge is 2.22. The Balaban J connectivity index is 2.17. The SMILES string of the molecule is NCC(=O)N[C@@H](Cc1c[nH]c2ccccc12)C(=O)NCC(N)=O. The van der Waals surface area contributed by atoms with Gasteiger partial charge in [-0.25, -0.2) is 0 Å². The summed E-state index contributed by atoms with van der Waals surface area (Å²) in [6.07, 6.45) is 2.05. The van der Waals surface area contributed by atoms with E-state index in [4.69, 9.17) is 11.5 Å². The molecule has 2 rings (SSSR count). The number of amides is 3. The van der Waals surface area contributed by atoms with Gasteiger partial charge >= 0.3 is 0 Å². The Hall–Kier alpha value is -2.87. The van der Waals surface area contributed by atoms with Gasteiger partial charge in [-0.2, -0.15) is 0 Å². The molecule has 0 saturated carbocycles. The van der Waals surface area contributed by atoms with Gasteiger partial charge in [-0.15, -0.1) is 0 Å². The summed E-state index contributed by atoms with van der Waals surface area (Å²) < 4.78 is 0. The topological polar surface area (TPSA) is 143 Å². The van der Waals surface area contributed by atoms with Crippen LogP contribution in [0.1, 0.15) is 5.56 Å². The Morgan fingerprint density at radius 3 is 2.65 bits per heavy atom. The third-order valence-corrected chi connectivity index (χ3v) is 3.37. The average molecular weight is 317 g/mol. The first-order chi connectivity index (χ1) is 11.0. The summed E-state index contributed by atoms with van der Waals surface area (Å²) in [5, 5.41) is 5.90. The molecule has 2 aromatic rings. The van der Waals surface area contributed by atoms with Crippen LogP contribution in [0, 0.1) is 0 Å². The number of aromatic amines is 1. The minimum Gasteiger partial charge on any atom is -0.368 e. The van der Waals surface area contributed by atoms with Crippen LogP contribution in [-0.4, -0.2) is 41.8 Å². The van der Waals surface area contributed by atoms with Crippen molar-refractivity contribution in [3.63, 3.8) is 0 Å². The number of hydrogen-bond donors (Lipinski definition) is 5. The van der Waals surface area contributed by atoms with Gasteiger partial charge in [0.05, 0.1) is 13.1 Å². The molecule has 0 spiro atoms. The van der Waals surface area contributed by atoms with E-state index in [1.807, 2.05) is 24.3 Å². The minimum atomic E-state index is -0.843. The van der Waals surface area contributed by atoms with Gasteiger partial charge in [0.2, 0.25) is 17.7 Å². The number of nitrogens with one attached hydrogen (secondary N) is 3. The van der Waals surface area contributed by atoms with Crippen molar-refractivity contribution in [2.45, 2.75) is 12.5 Å². The maximum Gasteiger partial charge on any atom is 0.243 e. The number of rotatable bonds is 7. The molecule has 0 aliphatic rings. The predicted octanol–water partition coefficient (Wildman–Crippen LogP) is -1.24. The second-order valence-electron chi connectivity index (χ2n) is 5.07. The van der Waals surface area contributed by atoms with Crippen LogP contribution >= 0.6 is 0 Å². The standard InChI is InChI=1S/C15H19N5O3/c16-6-14(22)20-12(15(23)19-8-13(17)21)5-9-7-18-11-4-2-1-3-10(9)11/h1-4,7,12,18H,5-6,8,16H2,(H2,17,21)(H,19,23)(H,20,22)/t12-/m0/s1. The Morgan fingerprint density at radius 2 is 1.96 bits per heavy atom. The number of carbonyl (C=O) groups excluding carboxylic acids is 3. The van der Waals surface area contributed by atoms with E-state index in [9.17, 15) is 14.4 Å². The number of fused-ring (bicyclic) bond motifs is 1. The molecule has 1 aromatic carbocycles. The number of nitrogens with two attached hydrogens (primary N) is 2. The number of hydrogen-bond acceptors (Lipinski definition) is 4. The van der Waals surface area contributed by atoms with E-state index in [2.05, 4.69) is 15.6 Å². The fourth-order valence-electron chi connectivity index (χ4n) is 2.28. The van der Waals surface area contributed by atoms with Crippen LogP contribution in [0.4, 0.5) is 0 Å². The lowest BCUT2D eigenvalue weighted by Crippen LogP contribution is -2.50. The molecular formula is C15H19N5O3. The Morgan fingerprint density at radius 1 is 1.22 bits per heavy atom. The Kier molecular flexibility index (Phi) is 5.32. The summed E-state index contributed by atoms with van der Waals surface area (Å²) in [5.74, 6) is -1.60. The zero-order valence-electron chi connectivity index (χ0n) is 12.5. The van der Waals surface area contributed by atoms with Gasteiger partial charge in [0, 0.05) is 23.5 Å².